The van der Waals surface area contributed by atoms with Crippen molar-refractivity contribution < 1.29 is 0 Å². The van der Waals surface area contributed by atoms with Crippen LogP contribution in [0.15, 0.2) is 12.1 Å². The van der Waals surface area contributed by atoms with Gasteiger partial charge in [0.05, 0.1) is 0 Å². The van der Waals surface area contributed by atoms with Gasteiger partial charge in [-0.25, -0.2) is 0 Å². The summed E-state index contributed by atoms with van der Waals surface area (Å²) in [6.45, 7) is 10.0. The van der Waals surface area contributed by atoms with Gasteiger partial charge < -0.3 is 15.5 Å². The van der Waals surface area contributed by atoms with Crippen molar-refractivity contribution in [3.05, 3.63) is 28.8 Å². The lowest BCUT2D eigenvalue weighted by atomic mass is 10.0. The molecule has 1 saturated heterocycles. The van der Waals surface area contributed by atoms with E-state index in [2.05, 4.69) is 37.8 Å². The van der Waals surface area contributed by atoms with Crippen LogP contribution in [0.4, 0.5) is 5.69 Å². The second-order valence-electron chi connectivity index (χ2n) is 5.11. The van der Waals surface area contributed by atoms with Gasteiger partial charge in [0.2, 0.25) is 0 Å². The van der Waals surface area contributed by atoms with Crippen LogP contribution in [0.1, 0.15) is 16.7 Å². The first-order chi connectivity index (χ1) is 8.49. The maximum atomic E-state index is 7.46. The van der Waals surface area contributed by atoms with Crippen LogP contribution in [-0.2, 0) is 0 Å². The lowest BCUT2D eigenvalue weighted by Gasteiger charge is -2.37. The van der Waals surface area contributed by atoms with E-state index in [0.717, 1.165) is 26.2 Å². The summed E-state index contributed by atoms with van der Waals surface area (Å²) in [5.41, 5.74) is 10.9. The quantitative estimate of drug-likeness (QED) is 0.585. The zero-order chi connectivity index (χ0) is 13.3. The van der Waals surface area contributed by atoms with Gasteiger partial charge in [0.15, 0.2) is 5.96 Å². The highest BCUT2D eigenvalue weighted by atomic mass is 15.3. The number of benzene rings is 1. The Balaban J connectivity index is 2.17. The Bertz CT molecular complexity index is 436. The first-order valence-corrected chi connectivity index (χ1v) is 6.41. The molecule has 0 atom stereocenters. The Kier molecular flexibility index (Phi) is 3.45. The predicted molar refractivity (Wildman–Crippen MR) is 76.4 cm³/mol. The minimum Gasteiger partial charge on any atom is -0.370 e. The molecule has 0 spiro atoms. The highest BCUT2D eigenvalue weighted by Crippen LogP contribution is 2.27. The van der Waals surface area contributed by atoms with E-state index in [0.29, 0.717) is 0 Å². The Hall–Kier alpha value is -1.71. The molecule has 0 radical (unpaired) electrons. The summed E-state index contributed by atoms with van der Waals surface area (Å²) < 4.78 is 0. The number of anilines is 1. The average Bonchev–Trinajstić information content (AvgIpc) is 2.28. The van der Waals surface area contributed by atoms with Crippen LogP contribution in [0.2, 0.25) is 0 Å². The van der Waals surface area contributed by atoms with Gasteiger partial charge in [0.25, 0.3) is 0 Å². The fourth-order valence-corrected chi connectivity index (χ4v) is 2.84. The first kappa shape index (κ1) is 12.7. The molecule has 4 heteroatoms. The third kappa shape index (κ3) is 2.42. The number of nitrogens with zero attached hydrogens (tertiary/aromatic N) is 2. The largest absolute Gasteiger partial charge is 0.370 e. The summed E-state index contributed by atoms with van der Waals surface area (Å²) in [7, 11) is 0. The number of rotatable bonds is 1. The van der Waals surface area contributed by atoms with E-state index >= 15 is 0 Å². The van der Waals surface area contributed by atoms with Gasteiger partial charge in [-0.3, -0.25) is 5.41 Å². The molecule has 2 rings (SSSR count). The Morgan fingerprint density at radius 3 is 2.00 bits per heavy atom. The molecule has 1 heterocycles. The number of piperazine rings is 1. The number of guanidine groups is 1. The van der Waals surface area contributed by atoms with Gasteiger partial charge in [0, 0.05) is 31.9 Å². The van der Waals surface area contributed by atoms with E-state index in [-0.39, 0.29) is 5.96 Å². The molecular formula is C14H22N4. The van der Waals surface area contributed by atoms with E-state index < -0.39 is 0 Å². The van der Waals surface area contributed by atoms with Crippen LogP contribution in [0, 0.1) is 26.2 Å². The third-order valence-electron chi connectivity index (χ3n) is 3.57. The molecule has 0 amide bonds. The van der Waals surface area contributed by atoms with Crippen molar-refractivity contribution in [1.29, 1.82) is 5.41 Å². The van der Waals surface area contributed by atoms with Crippen molar-refractivity contribution in [3.63, 3.8) is 0 Å². The molecule has 98 valence electrons. The van der Waals surface area contributed by atoms with Crippen LogP contribution >= 0.6 is 0 Å². The number of nitrogens with two attached hydrogens (primary N) is 1. The summed E-state index contributed by atoms with van der Waals surface area (Å²) in [5, 5.41) is 7.46. The molecule has 0 saturated carbocycles. The molecular weight excluding hydrogens is 224 g/mol. The summed E-state index contributed by atoms with van der Waals surface area (Å²) in [6, 6.07) is 4.47. The zero-order valence-electron chi connectivity index (χ0n) is 11.5. The second-order valence-corrected chi connectivity index (χ2v) is 5.11. The van der Waals surface area contributed by atoms with Gasteiger partial charge >= 0.3 is 0 Å². The number of hydrogen-bond donors (Lipinski definition) is 2. The summed E-state index contributed by atoms with van der Waals surface area (Å²) in [5.74, 6) is 0.187. The predicted octanol–water partition coefficient (Wildman–Crippen LogP) is 1.63. The number of nitrogens with one attached hydrogen (secondary N) is 1. The van der Waals surface area contributed by atoms with E-state index in [1.807, 2.05) is 4.90 Å². The van der Waals surface area contributed by atoms with Gasteiger partial charge in [-0.2, -0.15) is 0 Å². The molecule has 4 nitrogen and oxygen atoms in total. The molecule has 1 aromatic carbocycles. The fourth-order valence-electron chi connectivity index (χ4n) is 2.84. The van der Waals surface area contributed by atoms with Crippen molar-refractivity contribution in [2.75, 3.05) is 31.1 Å². The SMILES string of the molecule is Cc1cc(C)c(N2CCN(C(=N)N)CC2)c(C)c1. The lowest BCUT2D eigenvalue weighted by Crippen LogP contribution is -2.51. The Morgan fingerprint density at radius 2 is 1.56 bits per heavy atom. The molecule has 0 aromatic heterocycles. The Morgan fingerprint density at radius 1 is 1.06 bits per heavy atom. The Labute approximate surface area is 109 Å². The summed E-state index contributed by atoms with van der Waals surface area (Å²) in [6.07, 6.45) is 0. The maximum Gasteiger partial charge on any atom is 0.188 e. The van der Waals surface area contributed by atoms with Crippen molar-refractivity contribution in [2.45, 2.75) is 20.8 Å². The highest BCUT2D eigenvalue weighted by Gasteiger charge is 2.20. The smallest absolute Gasteiger partial charge is 0.188 e. The normalized spacial score (nSPS) is 15.9. The standard InChI is InChI=1S/C14H22N4/c1-10-8-11(2)13(12(3)9-10)17-4-6-18(7-5-17)14(15)16/h8-9H,4-7H2,1-3H3,(H3,15,16). The zero-order valence-corrected chi connectivity index (χ0v) is 11.5. The van der Waals surface area contributed by atoms with E-state index in [1.165, 1.54) is 22.4 Å². The van der Waals surface area contributed by atoms with Gasteiger partial charge in [0.1, 0.15) is 0 Å². The summed E-state index contributed by atoms with van der Waals surface area (Å²) in [4.78, 5) is 4.33. The van der Waals surface area contributed by atoms with E-state index in [4.69, 9.17) is 11.1 Å². The van der Waals surface area contributed by atoms with Gasteiger partial charge in [-0.15, -0.1) is 0 Å². The maximum absolute atomic E-state index is 7.46. The van der Waals surface area contributed by atoms with E-state index in [1.54, 1.807) is 0 Å². The minimum atomic E-state index is 0.187. The number of aryl methyl sites for hydroxylation is 3. The van der Waals surface area contributed by atoms with Crippen molar-refractivity contribution >= 4 is 11.6 Å². The van der Waals surface area contributed by atoms with Crippen LogP contribution in [0.25, 0.3) is 0 Å². The average molecular weight is 246 g/mol. The van der Waals surface area contributed by atoms with Crippen molar-refractivity contribution in [2.24, 2.45) is 5.73 Å². The molecule has 0 aliphatic carbocycles. The van der Waals surface area contributed by atoms with E-state index in [9.17, 15) is 0 Å². The minimum absolute atomic E-state index is 0.187. The monoisotopic (exact) mass is 246 g/mol. The molecule has 1 aliphatic heterocycles. The second kappa shape index (κ2) is 4.88. The first-order valence-electron chi connectivity index (χ1n) is 6.41. The van der Waals surface area contributed by atoms with Gasteiger partial charge in [-0.1, -0.05) is 17.7 Å². The molecule has 3 N–H and O–H groups in total. The molecule has 1 aliphatic rings. The lowest BCUT2D eigenvalue weighted by molar-refractivity contribution is 0.379. The number of hydrogen-bond acceptors (Lipinski definition) is 2. The van der Waals surface area contributed by atoms with Crippen molar-refractivity contribution in [3.8, 4) is 0 Å². The van der Waals surface area contributed by atoms with Gasteiger partial charge in [-0.05, 0) is 31.9 Å². The topological polar surface area (TPSA) is 56.4 Å². The van der Waals surface area contributed by atoms with Crippen molar-refractivity contribution in [1.82, 2.24) is 4.90 Å². The van der Waals surface area contributed by atoms with Crippen LogP contribution < -0.4 is 10.6 Å². The molecule has 1 aromatic rings. The van der Waals surface area contributed by atoms with Crippen LogP contribution in [-0.4, -0.2) is 37.0 Å². The molecule has 0 bridgehead atoms. The molecule has 1 fully saturated rings. The fraction of sp³-hybridized carbons (Fsp3) is 0.500. The molecule has 0 unspecified atom stereocenters. The third-order valence-corrected chi connectivity index (χ3v) is 3.57. The summed E-state index contributed by atoms with van der Waals surface area (Å²) >= 11 is 0. The molecule has 18 heavy (non-hydrogen) atoms. The van der Waals surface area contributed by atoms with Crippen LogP contribution in [0.5, 0.6) is 0 Å². The van der Waals surface area contributed by atoms with Crippen LogP contribution in [0.3, 0.4) is 0 Å². The highest BCUT2D eigenvalue weighted by molar-refractivity contribution is 5.75.